The van der Waals surface area contributed by atoms with Crippen molar-refractivity contribution in [3.8, 4) is 17.1 Å². The highest BCUT2D eigenvalue weighted by Crippen LogP contribution is 2.38. The molecule has 0 radical (unpaired) electrons. The number of hydrogen-bond acceptors (Lipinski definition) is 3. The van der Waals surface area contributed by atoms with Crippen LogP contribution in [-0.4, -0.2) is 14.5 Å². The standard InChI is InChI=1S/C26H19N3O/c1-16-12-14-20(24-23(16)19-15-13-17(2)27-26(19)30-24)25-28-21-10-6-7-11-22(21)29(25)18-8-4-3-5-9-18/h3-15H,1-2H3. The molecule has 30 heavy (non-hydrogen) atoms. The van der Waals surface area contributed by atoms with Crippen molar-refractivity contribution in [1.82, 2.24) is 14.5 Å². The molecule has 0 amide bonds. The van der Waals surface area contributed by atoms with Gasteiger partial charge in [-0.2, -0.15) is 0 Å². The van der Waals surface area contributed by atoms with Crippen molar-refractivity contribution in [3.63, 3.8) is 0 Å². The minimum absolute atomic E-state index is 0.669. The summed E-state index contributed by atoms with van der Waals surface area (Å²) < 4.78 is 8.52. The van der Waals surface area contributed by atoms with Gasteiger partial charge in [-0.05, 0) is 61.9 Å². The van der Waals surface area contributed by atoms with Crippen LogP contribution >= 0.6 is 0 Å². The highest BCUT2D eigenvalue weighted by Gasteiger charge is 2.20. The van der Waals surface area contributed by atoms with Gasteiger partial charge in [0.15, 0.2) is 0 Å². The van der Waals surface area contributed by atoms with Crippen molar-refractivity contribution in [2.45, 2.75) is 13.8 Å². The number of fused-ring (bicyclic) bond motifs is 4. The second-order valence-electron chi connectivity index (χ2n) is 7.64. The van der Waals surface area contributed by atoms with E-state index in [0.29, 0.717) is 5.71 Å². The molecule has 0 fully saturated rings. The third-order valence-corrected chi connectivity index (χ3v) is 5.65. The van der Waals surface area contributed by atoms with Crippen molar-refractivity contribution in [2.75, 3.05) is 0 Å². The molecule has 0 unspecified atom stereocenters. The zero-order chi connectivity index (χ0) is 20.2. The fourth-order valence-corrected chi connectivity index (χ4v) is 4.24. The second-order valence-corrected chi connectivity index (χ2v) is 7.64. The van der Waals surface area contributed by atoms with Crippen molar-refractivity contribution in [2.24, 2.45) is 0 Å². The summed E-state index contributed by atoms with van der Waals surface area (Å²) in [6.07, 6.45) is 0. The number of furan rings is 1. The summed E-state index contributed by atoms with van der Waals surface area (Å²) >= 11 is 0. The van der Waals surface area contributed by atoms with Gasteiger partial charge in [-0.1, -0.05) is 36.4 Å². The summed E-state index contributed by atoms with van der Waals surface area (Å²) in [5, 5.41) is 2.14. The number of hydrogen-bond donors (Lipinski definition) is 0. The third kappa shape index (κ3) is 2.40. The molecule has 144 valence electrons. The van der Waals surface area contributed by atoms with Crippen molar-refractivity contribution in [3.05, 3.63) is 90.1 Å². The molecule has 0 saturated carbocycles. The molecule has 0 spiro atoms. The summed E-state index contributed by atoms with van der Waals surface area (Å²) in [5.74, 6) is 0.864. The molecular weight excluding hydrogens is 370 g/mol. The van der Waals surface area contributed by atoms with E-state index in [1.54, 1.807) is 0 Å². The van der Waals surface area contributed by atoms with Crippen LogP contribution in [0.25, 0.3) is 50.2 Å². The van der Waals surface area contributed by atoms with Gasteiger partial charge in [0.25, 0.3) is 0 Å². The maximum Gasteiger partial charge on any atom is 0.227 e. The number of benzene rings is 3. The van der Waals surface area contributed by atoms with Crippen LogP contribution in [0, 0.1) is 13.8 Å². The molecule has 0 atom stereocenters. The first-order valence-electron chi connectivity index (χ1n) is 10.0. The summed E-state index contributed by atoms with van der Waals surface area (Å²) in [7, 11) is 0. The third-order valence-electron chi connectivity index (χ3n) is 5.65. The van der Waals surface area contributed by atoms with Gasteiger partial charge >= 0.3 is 0 Å². The number of imidazole rings is 1. The van der Waals surface area contributed by atoms with Gasteiger partial charge in [-0.3, -0.25) is 4.57 Å². The lowest BCUT2D eigenvalue weighted by molar-refractivity contribution is 0.653. The summed E-state index contributed by atoms with van der Waals surface area (Å²) in [6, 6.07) is 26.9. The Morgan fingerprint density at radius 1 is 0.767 bits per heavy atom. The van der Waals surface area contributed by atoms with Gasteiger partial charge in [-0.25, -0.2) is 9.97 Å². The SMILES string of the molecule is Cc1ccc2c(n1)oc1c(-c3nc4ccccc4n3-c3ccccc3)ccc(C)c12. The lowest BCUT2D eigenvalue weighted by atomic mass is 10.0. The van der Waals surface area contributed by atoms with Crippen LogP contribution < -0.4 is 0 Å². The lowest BCUT2D eigenvalue weighted by Gasteiger charge is -2.10. The Labute approximate surface area is 173 Å². The van der Waals surface area contributed by atoms with Gasteiger partial charge in [0, 0.05) is 22.2 Å². The Balaban J connectivity index is 1.75. The summed E-state index contributed by atoms with van der Waals surface area (Å²) in [4.78, 5) is 9.63. The van der Waals surface area contributed by atoms with Crippen LogP contribution in [0.4, 0.5) is 0 Å². The van der Waals surface area contributed by atoms with Gasteiger partial charge in [0.1, 0.15) is 11.4 Å². The molecule has 0 bridgehead atoms. The first-order valence-corrected chi connectivity index (χ1v) is 10.0. The van der Waals surface area contributed by atoms with E-state index >= 15 is 0 Å². The number of nitrogens with zero attached hydrogens (tertiary/aromatic N) is 3. The minimum atomic E-state index is 0.669. The Morgan fingerprint density at radius 2 is 1.57 bits per heavy atom. The van der Waals surface area contributed by atoms with Gasteiger partial charge in [-0.15, -0.1) is 0 Å². The van der Waals surface area contributed by atoms with Gasteiger partial charge in [0.05, 0.1) is 16.6 Å². The van der Waals surface area contributed by atoms with E-state index < -0.39 is 0 Å². The number of para-hydroxylation sites is 3. The molecule has 3 heterocycles. The average molecular weight is 389 g/mol. The largest absolute Gasteiger partial charge is 0.437 e. The van der Waals surface area contributed by atoms with E-state index in [9.17, 15) is 0 Å². The highest BCUT2D eigenvalue weighted by molar-refractivity contribution is 6.10. The van der Waals surface area contributed by atoms with E-state index in [0.717, 1.165) is 50.2 Å². The zero-order valence-corrected chi connectivity index (χ0v) is 16.8. The molecule has 0 N–H and O–H groups in total. The first-order chi connectivity index (χ1) is 14.7. The van der Waals surface area contributed by atoms with Gasteiger partial charge < -0.3 is 4.42 Å². The monoisotopic (exact) mass is 389 g/mol. The summed E-state index contributed by atoms with van der Waals surface area (Å²) in [5.41, 5.74) is 7.66. The molecular formula is C26H19N3O. The van der Waals surface area contributed by atoms with Crippen molar-refractivity contribution >= 4 is 33.1 Å². The van der Waals surface area contributed by atoms with Crippen LogP contribution in [0.3, 0.4) is 0 Å². The van der Waals surface area contributed by atoms with E-state index in [1.165, 1.54) is 5.56 Å². The zero-order valence-electron chi connectivity index (χ0n) is 16.8. The predicted octanol–water partition coefficient (Wildman–Crippen LogP) is 6.60. The minimum Gasteiger partial charge on any atom is -0.437 e. The molecule has 4 nitrogen and oxygen atoms in total. The van der Waals surface area contributed by atoms with Crippen LogP contribution in [0.1, 0.15) is 11.3 Å². The quantitative estimate of drug-likeness (QED) is 0.335. The second kappa shape index (κ2) is 6.29. The number of rotatable bonds is 2. The Kier molecular flexibility index (Phi) is 3.56. The van der Waals surface area contributed by atoms with Crippen LogP contribution in [0.2, 0.25) is 0 Å². The van der Waals surface area contributed by atoms with Crippen LogP contribution in [0.15, 0.2) is 83.3 Å². The maximum atomic E-state index is 6.32. The predicted molar refractivity (Wildman–Crippen MR) is 121 cm³/mol. The molecule has 0 aliphatic heterocycles. The molecule has 3 aromatic carbocycles. The van der Waals surface area contributed by atoms with E-state index in [-0.39, 0.29) is 0 Å². The Bertz CT molecular complexity index is 1560. The fourth-order valence-electron chi connectivity index (χ4n) is 4.24. The summed E-state index contributed by atoms with van der Waals surface area (Å²) in [6.45, 7) is 4.09. The van der Waals surface area contributed by atoms with E-state index in [1.807, 2.05) is 49.4 Å². The maximum absolute atomic E-state index is 6.32. The normalized spacial score (nSPS) is 11.7. The Morgan fingerprint density at radius 3 is 2.43 bits per heavy atom. The van der Waals surface area contributed by atoms with Crippen molar-refractivity contribution in [1.29, 1.82) is 0 Å². The number of aromatic nitrogens is 3. The molecule has 6 aromatic rings. The van der Waals surface area contributed by atoms with Crippen LogP contribution in [-0.2, 0) is 0 Å². The number of aryl methyl sites for hydroxylation is 2. The number of pyridine rings is 1. The van der Waals surface area contributed by atoms with Gasteiger partial charge in [0.2, 0.25) is 5.71 Å². The smallest absolute Gasteiger partial charge is 0.227 e. The topological polar surface area (TPSA) is 43.9 Å². The fraction of sp³-hybridized carbons (Fsp3) is 0.0769. The molecule has 0 saturated heterocycles. The molecule has 6 rings (SSSR count). The highest BCUT2D eigenvalue weighted by atomic mass is 16.3. The molecule has 3 aromatic heterocycles. The van der Waals surface area contributed by atoms with E-state index in [2.05, 4.69) is 52.9 Å². The first kappa shape index (κ1) is 17.0. The van der Waals surface area contributed by atoms with Crippen LogP contribution in [0.5, 0.6) is 0 Å². The van der Waals surface area contributed by atoms with E-state index in [4.69, 9.17) is 9.40 Å². The Hall–Kier alpha value is -3.92. The molecule has 0 aliphatic rings. The lowest BCUT2D eigenvalue weighted by Crippen LogP contribution is -1.97. The average Bonchev–Trinajstić information content (AvgIpc) is 3.33. The molecule has 0 aliphatic carbocycles. The molecule has 4 heteroatoms. The van der Waals surface area contributed by atoms with Crippen molar-refractivity contribution < 1.29 is 4.42 Å².